The van der Waals surface area contributed by atoms with E-state index in [4.69, 9.17) is 9.98 Å². The van der Waals surface area contributed by atoms with Crippen LogP contribution in [0.3, 0.4) is 0 Å². The van der Waals surface area contributed by atoms with Gasteiger partial charge < -0.3 is 4.90 Å². The second-order valence-corrected chi connectivity index (χ2v) is 11.5. The average Bonchev–Trinajstić information content (AvgIpc) is 3.51. The normalized spacial score (nSPS) is 22.9. The zero-order chi connectivity index (χ0) is 25.3. The van der Waals surface area contributed by atoms with Gasteiger partial charge in [-0.05, 0) is 81.9 Å². The van der Waals surface area contributed by atoms with Gasteiger partial charge in [0.2, 0.25) is 0 Å². The largest absolute Gasteiger partial charge is 0.363 e. The molecule has 1 aromatic carbocycles. The number of fused-ring (bicyclic) bond motifs is 3. The molecule has 186 valence electrons. The van der Waals surface area contributed by atoms with Crippen molar-refractivity contribution in [3.63, 3.8) is 0 Å². The van der Waals surface area contributed by atoms with Crippen LogP contribution in [-0.4, -0.2) is 28.5 Å². The van der Waals surface area contributed by atoms with E-state index < -0.39 is 0 Å². The summed E-state index contributed by atoms with van der Waals surface area (Å²) < 4.78 is 0. The number of nitrogens with zero attached hydrogens (tertiary/aromatic N) is 3. The predicted molar refractivity (Wildman–Crippen MR) is 151 cm³/mol. The van der Waals surface area contributed by atoms with Gasteiger partial charge in [-0.25, -0.2) is 4.99 Å². The lowest BCUT2D eigenvalue weighted by atomic mass is 9.94. The molecular formula is C32H43N3. The van der Waals surface area contributed by atoms with Crippen LogP contribution < -0.4 is 0 Å². The molecule has 0 amide bonds. The third-order valence-electron chi connectivity index (χ3n) is 7.91. The molecule has 3 aliphatic rings. The zero-order valence-electron chi connectivity index (χ0n) is 22.9. The molecular weight excluding hydrogens is 426 g/mol. The fourth-order valence-electron chi connectivity index (χ4n) is 5.84. The molecule has 1 aromatic rings. The Balaban J connectivity index is 1.65. The Morgan fingerprint density at radius 1 is 1.26 bits per heavy atom. The predicted octanol–water partition coefficient (Wildman–Crippen LogP) is 8.00. The lowest BCUT2D eigenvalue weighted by Crippen LogP contribution is -2.41. The standard InChI is InChI=1S/C32H43N3/c1-9-12-24(17-22(5)16-15-21(3)4)29-20-33-31(34-29)27-14-11-13-26-28(27)19-25-18-23(6)35(30(25)26)32(7,8)10-2/h9,11-14,16-17,21,25,30H,6,10,15,18-20H2,1-5,7-8H3/b12-9-,22-16+,24-17+. The molecule has 3 heteroatoms. The zero-order valence-corrected chi connectivity index (χ0v) is 22.9. The van der Waals surface area contributed by atoms with Crippen LogP contribution in [0.1, 0.15) is 90.5 Å². The Morgan fingerprint density at radius 3 is 2.71 bits per heavy atom. The third kappa shape index (κ3) is 5.01. The van der Waals surface area contributed by atoms with Gasteiger partial charge in [0.05, 0.1) is 18.3 Å². The van der Waals surface area contributed by atoms with Crippen molar-refractivity contribution in [2.45, 2.75) is 85.7 Å². The van der Waals surface area contributed by atoms with Gasteiger partial charge in [0.25, 0.3) is 0 Å². The Bertz CT molecular complexity index is 1140. The number of benzene rings is 1. The highest BCUT2D eigenvalue weighted by atomic mass is 15.3. The molecule has 35 heavy (non-hydrogen) atoms. The summed E-state index contributed by atoms with van der Waals surface area (Å²) in [7, 11) is 0. The highest BCUT2D eigenvalue weighted by molar-refractivity contribution is 6.18. The van der Waals surface area contributed by atoms with Crippen molar-refractivity contribution < 1.29 is 0 Å². The molecule has 1 fully saturated rings. The Morgan fingerprint density at radius 2 is 2.03 bits per heavy atom. The van der Waals surface area contributed by atoms with Gasteiger partial charge in [-0.15, -0.1) is 0 Å². The molecule has 2 unspecified atom stereocenters. The maximum atomic E-state index is 5.08. The molecule has 1 aliphatic carbocycles. The monoisotopic (exact) mass is 469 g/mol. The SMILES string of the molecule is C=C1CC2Cc3c(C4=NCC(C(/C=C\C)=C/C(C)=C/CC(C)C)=N4)cccc3C2N1C(C)(C)CC. The Hall–Kier alpha value is -2.68. The minimum atomic E-state index is 0.109. The average molecular weight is 470 g/mol. The summed E-state index contributed by atoms with van der Waals surface area (Å²) in [5, 5.41) is 0. The van der Waals surface area contributed by atoms with E-state index in [1.165, 1.54) is 33.5 Å². The number of hydrogen-bond acceptors (Lipinski definition) is 3. The van der Waals surface area contributed by atoms with Crippen LogP contribution in [0.4, 0.5) is 0 Å². The van der Waals surface area contributed by atoms with E-state index in [-0.39, 0.29) is 5.54 Å². The van der Waals surface area contributed by atoms with E-state index in [0.717, 1.165) is 37.2 Å². The van der Waals surface area contributed by atoms with Crippen molar-refractivity contribution in [1.29, 1.82) is 0 Å². The van der Waals surface area contributed by atoms with E-state index in [0.29, 0.717) is 24.4 Å². The third-order valence-corrected chi connectivity index (χ3v) is 7.91. The molecule has 2 heterocycles. The van der Waals surface area contributed by atoms with Gasteiger partial charge in [0.15, 0.2) is 5.84 Å². The first-order chi connectivity index (χ1) is 16.7. The van der Waals surface area contributed by atoms with Crippen molar-refractivity contribution >= 4 is 11.5 Å². The minimum absolute atomic E-state index is 0.109. The van der Waals surface area contributed by atoms with Crippen molar-refractivity contribution in [3.8, 4) is 0 Å². The number of rotatable bonds is 8. The molecule has 0 aromatic heterocycles. The van der Waals surface area contributed by atoms with E-state index in [1.807, 2.05) is 0 Å². The van der Waals surface area contributed by atoms with Crippen LogP contribution in [0.15, 0.2) is 75.9 Å². The molecule has 3 nitrogen and oxygen atoms in total. The summed E-state index contributed by atoms with van der Waals surface area (Å²) >= 11 is 0. The van der Waals surface area contributed by atoms with Crippen molar-refractivity contribution in [1.82, 2.24) is 4.90 Å². The number of aliphatic imine (C=N–C) groups is 2. The topological polar surface area (TPSA) is 28.0 Å². The Labute approximate surface area is 213 Å². The second-order valence-electron chi connectivity index (χ2n) is 11.5. The quantitative estimate of drug-likeness (QED) is 0.354. The van der Waals surface area contributed by atoms with Crippen molar-refractivity contribution in [2.24, 2.45) is 21.8 Å². The molecule has 0 spiro atoms. The molecule has 0 radical (unpaired) electrons. The summed E-state index contributed by atoms with van der Waals surface area (Å²) in [4.78, 5) is 12.6. The summed E-state index contributed by atoms with van der Waals surface area (Å²) in [5.41, 5.74) is 9.04. The van der Waals surface area contributed by atoms with Crippen molar-refractivity contribution in [3.05, 3.63) is 82.6 Å². The first kappa shape index (κ1) is 25.4. The molecule has 2 aliphatic heterocycles. The smallest absolute Gasteiger partial charge is 0.155 e. The van der Waals surface area contributed by atoms with E-state index >= 15 is 0 Å². The number of amidine groups is 1. The Kier molecular flexibility index (Phi) is 7.35. The van der Waals surface area contributed by atoms with E-state index in [1.54, 1.807) is 0 Å². The van der Waals surface area contributed by atoms with Crippen LogP contribution in [-0.2, 0) is 6.42 Å². The van der Waals surface area contributed by atoms with Gasteiger partial charge in [0, 0.05) is 16.8 Å². The van der Waals surface area contributed by atoms with Gasteiger partial charge >= 0.3 is 0 Å². The summed E-state index contributed by atoms with van der Waals surface area (Å²) in [6.07, 6.45) is 13.2. The molecule has 2 atom stereocenters. The summed E-state index contributed by atoms with van der Waals surface area (Å²) in [6.45, 7) is 20.9. The number of allylic oxidation sites excluding steroid dienone is 6. The lowest BCUT2D eigenvalue weighted by molar-refractivity contribution is 0.121. The molecule has 0 N–H and O–H groups in total. The van der Waals surface area contributed by atoms with Crippen molar-refractivity contribution in [2.75, 3.05) is 6.54 Å². The van der Waals surface area contributed by atoms with Crippen LogP contribution >= 0.6 is 0 Å². The second kappa shape index (κ2) is 10.1. The molecule has 4 rings (SSSR count). The maximum absolute atomic E-state index is 5.08. The fourth-order valence-corrected chi connectivity index (χ4v) is 5.84. The first-order valence-corrected chi connectivity index (χ1v) is 13.4. The van der Waals surface area contributed by atoms with Gasteiger partial charge in [0.1, 0.15) is 0 Å². The molecule has 0 bridgehead atoms. The van der Waals surface area contributed by atoms with E-state index in [9.17, 15) is 0 Å². The van der Waals surface area contributed by atoms with Gasteiger partial charge in [-0.2, -0.15) is 0 Å². The van der Waals surface area contributed by atoms with E-state index in [2.05, 4.69) is 102 Å². The maximum Gasteiger partial charge on any atom is 0.155 e. The fraction of sp³-hybridized carbons (Fsp3) is 0.500. The number of likely N-dealkylation sites (tertiary alicyclic amines) is 1. The molecule has 1 saturated heterocycles. The lowest BCUT2D eigenvalue weighted by Gasteiger charge is -2.42. The van der Waals surface area contributed by atoms with Crippen LogP contribution in [0.5, 0.6) is 0 Å². The first-order valence-electron chi connectivity index (χ1n) is 13.4. The summed E-state index contributed by atoms with van der Waals surface area (Å²) in [6, 6.07) is 7.17. The highest BCUT2D eigenvalue weighted by Gasteiger charge is 2.48. The van der Waals surface area contributed by atoms with Gasteiger partial charge in [-0.3, -0.25) is 4.99 Å². The van der Waals surface area contributed by atoms with Gasteiger partial charge in [-0.1, -0.05) is 75.4 Å². The molecule has 0 saturated carbocycles. The highest BCUT2D eigenvalue weighted by Crippen LogP contribution is 2.54. The van der Waals surface area contributed by atoms with Crippen LogP contribution in [0.2, 0.25) is 0 Å². The number of hydrogen-bond donors (Lipinski definition) is 0. The summed E-state index contributed by atoms with van der Waals surface area (Å²) in [5.74, 6) is 2.16. The minimum Gasteiger partial charge on any atom is -0.363 e. The van der Waals surface area contributed by atoms with Crippen LogP contribution in [0.25, 0.3) is 0 Å². The van der Waals surface area contributed by atoms with Crippen LogP contribution in [0, 0.1) is 11.8 Å².